The summed E-state index contributed by atoms with van der Waals surface area (Å²) in [6.07, 6.45) is 0.496. The molecule has 0 radical (unpaired) electrons. The van der Waals surface area contributed by atoms with Crippen molar-refractivity contribution in [1.29, 1.82) is 0 Å². The number of carbonyl (C=O) groups is 1. The molecule has 0 bridgehead atoms. The minimum absolute atomic E-state index is 0.0464. The minimum atomic E-state index is -0.908. The Morgan fingerprint density at radius 1 is 1.69 bits per heavy atom. The van der Waals surface area contributed by atoms with Crippen LogP contribution in [0.5, 0.6) is 0 Å². The number of ether oxygens (including phenoxy) is 1. The van der Waals surface area contributed by atoms with Crippen molar-refractivity contribution in [2.45, 2.75) is 31.9 Å². The van der Waals surface area contributed by atoms with E-state index in [0.717, 1.165) is 0 Å². The molecular formula is C8H16N2O3. The molecule has 0 spiro atoms. The molecule has 0 aliphatic carbocycles. The van der Waals surface area contributed by atoms with Crippen LogP contribution in [0.4, 0.5) is 0 Å². The van der Waals surface area contributed by atoms with Crippen LogP contribution in [-0.2, 0) is 14.4 Å². The molecule has 1 saturated heterocycles. The molecule has 0 saturated carbocycles. The minimum Gasteiger partial charge on any atom is -0.379 e. The third-order valence-electron chi connectivity index (χ3n) is 1.89. The van der Waals surface area contributed by atoms with Crippen molar-refractivity contribution >= 4 is 5.91 Å². The molecule has 1 fully saturated rings. The van der Waals surface area contributed by atoms with Crippen molar-refractivity contribution in [2.75, 3.05) is 13.2 Å². The number of hydroxylamine groups is 1. The Balaban J connectivity index is 2.38. The summed E-state index contributed by atoms with van der Waals surface area (Å²) in [4.78, 5) is 16.4. The second-order valence-corrected chi connectivity index (χ2v) is 3.56. The van der Waals surface area contributed by atoms with Gasteiger partial charge in [-0.1, -0.05) is 0 Å². The molecule has 13 heavy (non-hydrogen) atoms. The first-order valence-corrected chi connectivity index (χ1v) is 4.37. The largest absolute Gasteiger partial charge is 0.379 e. The molecule has 1 atom stereocenters. The van der Waals surface area contributed by atoms with Crippen LogP contribution < -0.4 is 11.2 Å². The zero-order chi connectivity index (χ0) is 9.90. The summed E-state index contributed by atoms with van der Waals surface area (Å²) in [6.45, 7) is 4.45. The average Bonchev–Trinajstić information content (AvgIpc) is 2.49. The fourth-order valence-electron chi connectivity index (χ4n) is 1.03. The Hall–Kier alpha value is -0.650. The van der Waals surface area contributed by atoms with Gasteiger partial charge in [0.15, 0.2) is 0 Å². The first kappa shape index (κ1) is 10.4. The lowest BCUT2D eigenvalue weighted by atomic mass is 10.00. The average molecular weight is 188 g/mol. The van der Waals surface area contributed by atoms with Crippen LogP contribution in [0.3, 0.4) is 0 Å². The Kier molecular flexibility index (Phi) is 3.24. The van der Waals surface area contributed by atoms with E-state index in [1.54, 1.807) is 0 Å². The van der Waals surface area contributed by atoms with Crippen LogP contribution in [-0.4, -0.2) is 30.8 Å². The van der Waals surface area contributed by atoms with E-state index in [4.69, 9.17) is 15.3 Å². The number of hydrogen-bond acceptors (Lipinski definition) is 4. The molecule has 76 valence electrons. The van der Waals surface area contributed by atoms with E-state index in [9.17, 15) is 4.79 Å². The number of carbonyl (C=O) groups excluding carboxylic acids is 1. The Morgan fingerprint density at radius 3 is 2.85 bits per heavy atom. The van der Waals surface area contributed by atoms with Gasteiger partial charge < -0.3 is 10.5 Å². The van der Waals surface area contributed by atoms with Crippen LogP contribution in [0.2, 0.25) is 0 Å². The monoisotopic (exact) mass is 188 g/mol. The van der Waals surface area contributed by atoms with Crippen molar-refractivity contribution in [3.63, 3.8) is 0 Å². The quantitative estimate of drug-likeness (QED) is 0.589. The first-order chi connectivity index (χ1) is 6.04. The fourth-order valence-corrected chi connectivity index (χ4v) is 1.03. The van der Waals surface area contributed by atoms with Gasteiger partial charge >= 0.3 is 0 Å². The molecule has 1 aliphatic rings. The van der Waals surface area contributed by atoms with Gasteiger partial charge in [-0.2, -0.15) is 0 Å². The predicted octanol–water partition coefficient (Wildman–Crippen LogP) is -0.440. The van der Waals surface area contributed by atoms with Crippen molar-refractivity contribution < 1.29 is 14.4 Å². The molecule has 5 nitrogen and oxygen atoms in total. The highest BCUT2D eigenvalue weighted by atomic mass is 16.7. The van der Waals surface area contributed by atoms with E-state index in [2.05, 4.69) is 5.48 Å². The van der Waals surface area contributed by atoms with Gasteiger partial charge in [0.25, 0.3) is 5.91 Å². The van der Waals surface area contributed by atoms with Crippen molar-refractivity contribution in [2.24, 2.45) is 5.73 Å². The number of hydrogen-bond donors (Lipinski definition) is 2. The molecule has 0 aromatic carbocycles. The van der Waals surface area contributed by atoms with Crippen LogP contribution in [0, 0.1) is 0 Å². The van der Waals surface area contributed by atoms with Crippen LogP contribution in [0.1, 0.15) is 20.3 Å². The first-order valence-electron chi connectivity index (χ1n) is 4.37. The molecule has 0 aromatic rings. The van der Waals surface area contributed by atoms with Crippen LogP contribution in [0.25, 0.3) is 0 Å². The van der Waals surface area contributed by atoms with Crippen molar-refractivity contribution in [3.8, 4) is 0 Å². The zero-order valence-electron chi connectivity index (χ0n) is 8.00. The molecule has 1 unspecified atom stereocenters. The van der Waals surface area contributed by atoms with Gasteiger partial charge in [-0.05, 0) is 13.8 Å². The van der Waals surface area contributed by atoms with Gasteiger partial charge in [-0.15, -0.1) is 0 Å². The lowest BCUT2D eigenvalue weighted by molar-refractivity contribution is -0.142. The Bertz CT molecular complexity index is 188. The van der Waals surface area contributed by atoms with E-state index in [0.29, 0.717) is 13.0 Å². The number of nitrogens with one attached hydrogen (secondary N) is 1. The highest BCUT2D eigenvalue weighted by Gasteiger charge is 2.38. The summed E-state index contributed by atoms with van der Waals surface area (Å²) in [5.74, 6) is -0.307. The molecular weight excluding hydrogens is 172 g/mol. The smallest absolute Gasteiger partial charge is 0.266 e. The Labute approximate surface area is 77.5 Å². The third kappa shape index (κ3) is 2.65. The van der Waals surface area contributed by atoms with E-state index < -0.39 is 5.54 Å². The highest BCUT2D eigenvalue weighted by molar-refractivity contribution is 5.85. The fraction of sp³-hybridized carbons (Fsp3) is 0.875. The summed E-state index contributed by atoms with van der Waals surface area (Å²) in [6, 6.07) is 0. The summed E-state index contributed by atoms with van der Waals surface area (Å²) in [7, 11) is 0. The molecule has 3 N–H and O–H groups in total. The van der Waals surface area contributed by atoms with E-state index in [1.807, 2.05) is 13.8 Å². The summed E-state index contributed by atoms with van der Waals surface area (Å²) in [5.41, 5.74) is 7.18. The number of rotatable bonds is 3. The topological polar surface area (TPSA) is 73.6 Å². The van der Waals surface area contributed by atoms with Gasteiger partial charge in [-0.3, -0.25) is 9.63 Å². The van der Waals surface area contributed by atoms with Crippen LogP contribution >= 0.6 is 0 Å². The molecule has 0 aromatic heterocycles. The SMILES string of the molecule is CC(C)ONC(=O)C1(N)CCOC1. The lowest BCUT2D eigenvalue weighted by Crippen LogP contribution is -2.54. The second-order valence-electron chi connectivity index (χ2n) is 3.56. The maximum absolute atomic E-state index is 11.4. The molecule has 1 amide bonds. The van der Waals surface area contributed by atoms with Crippen LogP contribution in [0.15, 0.2) is 0 Å². The standard InChI is InChI=1S/C8H16N2O3/c1-6(2)13-10-7(11)8(9)3-4-12-5-8/h6H,3-5,9H2,1-2H3,(H,10,11). The zero-order valence-corrected chi connectivity index (χ0v) is 8.00. The van der Waals surface area contributed by atoms with E-state index in [1.165, 1.54) is 0 Å². The van der Waals surface area contributed by atoms with Gasteiger partial charge in [0.2, 0.25) is 0 Å². The maximum atomic E-state index is 11.4. The normalized spacial score (nSPS) is 28.0. The maximum Gasteiger partial charge on any atom is 0.266 e. The molecule has 1 rings (SSSR count). The van der Waals surface area contributed by atoms with Gasteiger partial charge in [0, 0.05) is 13.0 Å². The molecule has 1 aliphatic heterocycles. The summed E-state index contributed by atoms with van der Waals surface area (Å²) in [5, 5.41) is 0. The third-order valence-corrected chi connectivity index (χ3v) is 1.89. The highest BCUT2D eigenvalue weighted by Crippen LogP contribution is 2.15. The molecule has 5 heteroatoms. The second kappa shape index (κ2) is 4.04. The van der Waals surface area contributed by atoms with Crippen molar-refractivity contribution in [1.82, 2.24) is 5.48 Å². The van der Waals surface area contributed by atoms with Gasteiger partial charge in [0.05, 0.1) is 12.7 Å². The Morgan fingerprint density at radius 2 is 2.38 bits per heavy atom. The summed E-state index contributed by atoms with van der Waals surface area (Å²) >= 11 is 0. The van der Waals surface area contributed by atoms with Gasteiger partial charge in [0.1, 0.15) is 5.54 Å². The lowest BCUT2D eigenvalue weighted by Gasteiger charge is -2.20. The van der Waals surface area contributed by atoms with E-state index >= 15 is 0 Å². The van der Waals surface area contributed by atoms with Crippen molar-refractivity contribution in [3.05, 3.63) is 0 Å². The van der Waals surface area contributed by atoms with Gasteiger partial charge in [-0.25, -0.2) is 5.48 Å². The number of amides is 1. The number of nitrogens with two attached hydrogens (primary N) is 1. The summed E-state index contributed by atoms with van der Waals surface area (Å²) < 4.78 is 5.05. The van der Waals surface area contributed by atoms with E-state index in [-0.39, 0.29) is 18.6 Å². The predicted molar refractivity (Wildman–Crippen MR) is 46.7 cm³/mol. The molecule has 1 heterocycles.